The van der Waals surface area contributed by atoms with Gasteiger partial charge in [0.05, 0.1) is 5.69 Å². The van der Waals surface area contributed by atoms with E-state index < -0.39 is 0 Å². The molecule has 4 rings (SSSR count). The number of amidine groups is 1. The maximum atomic E-state index is 14.5. The Balaban J connectivity index is 1.42. The minimum atomic E-state index is -0.380. The Bertz CT molecular complexity index is 1210. The monoisotopic (exact) mass is 472 g/mol. The second-order valence-corrected chi connectivity index (χ2v) is 9.57. The average Bonchev–Trinajstić information content (AvgIpc) is 3.33. The lowest BCUT2D eigenvalue weighted by Crippen LogP contribution is -2.19. The summed E-state index contributed by atoms with van der Waals surface area (Å²) in [5.41, 5.74) is 10.4. The van der Waals surface area contributed by atoms with Crippen LogP contribution in [0.1, 0.15) is 34.6 Å². The van der Waals surface area contributed by atoms with Crippen molar-refractivity contribution in [3.8, 4) is 0 Å². The Kier molecular flexibility index (Phi) is 7.60. The molecule has 0 spiro atoms. The van der Waals surface area contributed by atoms with Crippen molar-refractivity contribution < 1.29 is 4.39 Å². The van der Waals surface area contributed by atoms with E-state index in [0.29, 0.717) is 23.5 Å². The Morgan fingerprint density at radius 1 is 1.12 bits per heavy atom. The number of rotatable bonds is 9. The molecule has 3 N–H and O–H groups in total. The minimum Gasteiger partial charge on any atom is -0.384 e. The normalized spacial score (nSPS) is 15.9. The van der Waals surface area contributed by atoms with Crippen molar-refractivity contribution in [3.05, 3.63) is 101 Å². The fraction of sp³-hybridized carbons (Fsp3) is 0.214. The molecular formula is C28H29FN4S. The van der Waals surface area contributed by atoms with Crippen molar-refractivity contribution in [1.29, 1.82) is 5.41 Å². The van der Waals surface area contributed by atoms with Gasteiger partial charge in [-0.1, -0.05) is 55.1 Å². The Labute approximate surface area is 204 Å². The molecule has 0 saturated carbocycles. The summed E-state index contributed by atoms with van der Waals surface area (Å²) < 4.78 is 14.5. The van der Waals surface area contributed by atoms with E-state index in [0.717, 1.165) is 40.7 Å². The topological polar surface area (TPSA) is 65.5 Å². The van der Waals surface area contributed by atoms with Crippen LogP contribution in [0.2, 0.25) is 0 Å². The molecule has 1 aliphatic rings. The molecule has 3 aromatic rings. The van der Waals surface area contributed by atoms with Gasteiger partial charge in [0.2, 0.25) is 0 Å². The molecule has 1 saturated heterocycles. The molecule has 0 amide bonds. The summed E-state index contributed by atoms with van der Waals surface area (Å²) in [5, 5.41) is 7.47. The maximum absolute atomic E-state index is 14.5. The molecule has 1 atom stereocenters. The highest BCUT2D eigenvalue weighted by molar-refractivity contribution is 7.99. The number of hydrogen-bond donors (Lipinski definition) is 2. The van der Waals surface area contributed by atoms with Crippen molar-refractivity contribution in [1.82, 2.24) is 4.90 Å². The smallest absolute Gasteiger partial charge is 0.127 e. The van der Waals surface area contributed by atoms with Crippen molar-refractivity contribution in [2.75, 3.05) is 19.0 Å². The van der Waals surface area contributed by atoms with Crippen LogP contribution in [-0.2, 0) is 6.42 Å². The molecule has 1 heterocycles. The summed E-state index contributed by atoms with van der Waals surface area (Å²) in [6, 6.07) is 21.3. The number of halogens is 1. The number of hydrogen-bond acceptors (Lipinski definition) is 4. The quantitative estimate of drug-likeness (QED) is 0.220. The van der Waals surface area contributed by atoms with Crippen molar-refractivity contribution in [2.45, 2.75) is 23.7 Å². The molecule has 6 heteroatoms. The van der Waals surface area contributed by atoms with Gasteiger partial charge in [-0.3, -0.25) is 15.3 Å². The number of nitrogens with two attached hydrogens (primary N) is 1. The van der Waals surface area contributed by atoms with Gasteiger partial charge in [-0.05, 0) is 66.1 Å². The number of allylic oxidation sites excluding steroid dienone is 1. The summed E-state index contributed by atoms with van der Waals surface area (Å²) in [4.78, 5) is 7.71. The summed E-state index contributed by atoms with van der Waals surface area (Å²) in [6.07, 6.45) is 1.54. The number of thioether (sulfide) groups is 1. The van der Waals surface area contributed by atoms with E-state index in [1.807, 2.05) is 12.1 Å². The first-order valence-corrected chi connectivity index (χ1v) is 12.2. The summed E-state index contributed by atoms with van der Waals surface area (Å²) in [6.45, 7) is 10.0. The molecule has 174 valence electrons. The lowest BCUT2D eigenvalue weighted by atomic mass is 9.98. The SMILES string of the molecule is C=Nc1ccc(C(=C)Cc2ccc(C(=N)N)cc2F)cc1SCN1CCC(c2ccccc2)C1. The number of likely N-dealkylation sites (tertiary alicyclic amines) is 1. The highest BCUT2D eigenvalue weighted by atomic mass is 32.2. The van der Waals surface area contributed by atoms with E-state index in [4.69, 9.17) is 11.1 Å². The number of benzene rings is 3. The first-order valence-electron chi connectivity index (χ1n) is 11.3. The van der Waals surface area contributed by atoms with Crippen LogP contribution in [0.5, 0.6) is 0 Å². The zero-order valence-corrected chi connectivity index (χ0v) is 20.0. The Morgan fingerprint density at radius 2 is 1.88 bits per heavy atom. The first-order chi connectivity index (χ1) is 16.4. The van der Waals surface area contributed by atoms with Gasteiger partial charge in [0.1, 0.15) is 11.7 Å². The highest BCUT2D eigenvalue weighted by Gasteiger charge is 2.23. The number of nitrogens with one attached hydrogen (secondary N) is 1. The van der Waals surface area contributed by atoms with Crippen LogP contribution in [0.15, 0.2) is 83.2 Å². The lowest BCUT2D eigenvalue weighted by molar-refractivity contribution is 0.395. The van der Waals surface area contributed by atoms with Crippen LogP contribution in [0, 0.1) is 11.2 Å². The Morgan fingerprint density at radius 3 is 2.59 bits per heavy atom. The molecule has 3 aromatic carbocycles. The lowest BCUT2D eigenvalue weighted by Gasteiger charge is -2.17. The largest absolute Gasteiger partial charge is 0.384 e. The predicted octanol–water partition coefficient (Wildman–Crippen LogP) is 6.24. The van der Waals surface area contributed by atoms with E-state index in [1.54, 1.807) is 23.9 Å². The van der Waals surface area contributed by atoms with Gasteiger partial charge < -0.3 is 5.73 Å². The van der Waals surface area contributed by atoms with Gasteiger partial charge in [-0.25, -0.2) is 4.39 Å². The van der Waals surface area contributed by atoms with Crippen LogP contribution in [0.3, 0.4) is 0 Å². The van der Waals surface area contributed by atoms with Gasteiger partial charge >= 0.3 is 0 Å². The summed E-state index contributed by atoms with van der Waals surface area (Å²) in [7, 11) is 0. The van der Waals surface area contributed by atoms with Crippen molar-refractivity contribution >= 4 is 35.6 Å². The molecule has 34 heavy (non-hydrogen) atoms. The molecule has 1 fully saturated rings. The Hall–Kier alpha value is -3.22. The van der Waals surface area contributed by atoms with Crippen LogP contribution in [0.4, 0.5) is 10.1 Å². The van der Waals surface area contributed by atoms with Crippen molar-refractivity contribution in [2.24, 2.45) is 10.7 Å². The standard InChI is InChI=1S/C28H29FN4S/c1-19(14-22-8-9-23(28(30)31)15-25(22)29)21-10-11-26(32-2)27(16-21)34-18-33-13-12-24(17-33)20-6-4-3-5-7-20/h3-11,15-16,24H,1-2,12-14,17-18H2,(H3,30,31). The third kappa shape index (κ3) is 5.64. The van der Waals surface area contributed by atoms with Gasteiger partial charge in [-0.15, -0.1) is 11.8 Å². The van der Waals surface area contributed by atoms with E-state index in [2.05, 4.69) is 59.6 Å². The average molecular weight is 473 g/mol. The van der Waals surface area contributed by atoms with E-state index in [1.165, 1.54) is 18.1 Å². The minimum absolute atomic E-state index is 0.147. The molecule has 1 aliphatic heterocycles. The summed E-state index contributed by atoms with van der Waals surface area (Å²) in [5.74, 6) is 0.929. The van der Waals surface area contributed by atoms with Crippen LogP contribution in [-0.4, -0.2) is 36.4 Å². The van der Waals surface area contributed by atoms with Crippen LogP contribution >= 0.6 is 11.8 Å². The summed E-state index contributed by atoms with van der Waals surface area (Å²) >= 11 is 1.75. The van der Waals surface area contributed by atoms with Gasteiger partial charge in [0.25, 0.3) is 0 Å². The molecular weight excluding hydrogens is 443 g/mol. The van der Waals surface area contributed by atoms with Gasteiger partial charge in [-0.2, -0.15) is 0 Å². The predicted molar refractivity (Wildman–Crippen MR) is 142 cm³/mol. The number of aliphatic imine (C=N–C) groups is 1. The molecule has 0 aliphatic carbocycles. The van der Waals surface area contributed by atoms with E-state index >= 15 is 0 Å². The molecule has 4 nitrogen and oxygen atoms in total. The van der Waals surface area contributed by atoms with Crippen LogP contribution < -0.4 is 5.73 Å². The third-order valence-corrected chi connectivity index (χ3v) is 7.38. The van der Waals surface area contributed by atoms with E-state index in [-0.39, 0.29) is 11.7 Å². The molecule has 0 radical (unpaired) electrons. The second-order valence-electron chi connectivity index (χ2n) is 8.59. The molecule has 0 aromatic heterocycles. The highest BCUT2D eigenvalue weighted by Crippen LogP contribution is 2.35. The zero-order valence-electron chi connectivity index (χ0n) is 19.1. The molecule has 0 bridgehead atoms. The second kappa shape index (κ2) is 10.8. The zero-order chi connectivity index (χ0) is 24.1. The maximum Gasteiger partial charge on any atom is 0.127 e. The third-order valence-electron chi connectivity index (χ3n) is 6.25. The van der Waals surface area contributed by atoms with Crippen LogP contribution in [0.25, 0.3) is 5.57 Å². The van der Waals surface area contributed by atoms with Crippen molar-refractivity contribution in [3.63, 3.8) is 0 Å². The molecule has 1 unspecified atom stereocenters. The number of nitrogens with zero attached hydrogens (tertiary/aromatic N) is 2. The fourth-order valence-corrected chi connectivity index (χ4v) is 5.33. The van der Waals surface area contributed by atoms with Gasteiger partial charge in [0, 0.05) is 29.3 Å². The fourth-order valence-electron chi connectivity index (χ4n) is 4.28. The van der Waals surface area contributed by atoms with E-state index in [9.17, 15) is 4.39 Å². The number of nitrogen functional groups attached to an aromatic ring is 1. The van der Waals surface area contributed by atoms with Gasteiger partial charge in [0.15, 0.2) is 0 Å². The first kappa shape index (κ1) is 23.9.